The molecule has 8 nitrogen and oxygen atoms in total. The fourth-order valence-electron chi connectivity index (χ4n) is 5.40. The number of fused-ring (bicyclic) bond motifs is 1. The van der Waals surface area contributed by atoms with Crippen molar-refractivity contribution in [3.63, 3.8) is 0 Å². The van der Waals surface area contributed by atoms with Crippen LogP contribution in [0.25, 0.3) is 22.2 Å². The number of nitrogens with one attached hydrogen (secondary N) is 1. The number of alkyl halides is 1. The largest absolute Gasteiger partial charge is 0.389 e. The first-order valence-corrected chi connectivity index (χ1v) is 12.9. The molecule has 4 heterocycles. The number of pyridine rings is 1. The monoisotopic (exact) mass is 531 g/mol. The highest BCUT2D eigenvalue weighted by molar-refractivity contribution is 5.86. The zero-order chi connectivity index (χ0) is 27.1. The lowest BCUT2D eigenvalue weighted by molar-refractivity contribution is -0.0136. The third-order valence-electron chi connectivity index (χ3n) is 7.41. The van der Waals surface area contributed by atoms with Crippen LogP contribution in [0.4, 0.5) is 19.1 Å². The van der Waals surface area contributed by atoms with Crippen molar-refractivity contribution in [3.05, 3.63) is 51.4 Å². The highest BCUT2D eigenvalue weighted by atomic mass is 19.1. The van der Waals surface area contributed by atoms with Crippen molar-refractivity contribution in [2.24, 2.45) is 0 Å². The minimum Gasteiger partial charge on any atom is -0.389 e. The molecule has 0 unspecified atom stereocenters. The van der Waals surface area contributed by atoms with Crippen LogP contribution in [0.15, 0.2) is 23.1 Å². The Morgan fingerprint density at radius 3 is 2.74 bits per heavy atom. The van der Waals surface area contributed by atoms with E-state index in [4.69, 9.17) is 4.74 Å². The summed E-state index contributed by atoms with van der Waals surface area (Å²) in [4.78, 5) is 23.5. The molecular weight excluding hydrogens is 499 g/mol. The number of anilines is 1. The van der Waals surface area contributed by atoms with Crippen LogP contribution < -0.4 is 10.7 Å². The highest BCUT2D eigenvalue weighted by Gasteiger charge is 2.28. The first-order chi connectivity index (χ1) is 18.2. The molecule has 204 valence electrons. The first-order valence-electron chi connectivity index (χ1n) is 12.9. The van der Waals surface area contributed by atoms with Crippen LogP contribution in [-0.4, -0.2) is 69.2 Å². The Kier molecular flexibility index (Phi) is 7.43. The van der Waals surface area contributed by atoms with Crippen LogP contribution in [0.3, 0.4) is 0 Å². The number of likely N-dealkylation sites (tertiary alicyclic amines) is 1. The van der Waals surface area contributed by atoms with E-state index in [0.717, 1.165) is 6.20 Å². The smallest absolute Gasteiger partial charge is 0.223 e. The summed E-state index contributed by atoms with van der Waals surface area (Å²) in [7, 11) is 0. The fourth-order valence-corrected chi connectivity index (χ4v) is 5.40. The second kappa shape index (κ2) is 10.6. The molecule has 3 atom stereocenters. The average Bonchev–Trinajstić information content (AvgIpc) is 3.30. The predicted molar refractivity (Wildman–Crippen MR) is 138 cm³/mol. The van der Waals surface area contributed by atoms with Crippen molar-refractivity contribution < 1.29 is 23.0 Å². The van der Waals surface area contributed by atoms with Gasteiger partial charge in [-0.05, 0) is 45.7 Å². The van der Waals surface area contributed by atoms with Gasteiger partial charge in [0.2, 0.25) is 5.95 Å². The Morgan fingerprint density at radius 2 is 2.05 bits per heavy atom. The lowest BCUT2D eigenvalue weighted by Crippen LogP contribution is -2.42. The molecule has 0 spiro atoms. The number of aliphatic hydroxyl groups excluding tert-OH is 1. The minimum atomic E-state index is -0.927. The number of halogens is 3. The van der Waals surface area contributed by atoms with Crippen LogP contribution in [0.1, 0.15) is 44.0 Å². The fraction of sp³-hybridized carbons (Fsp3) is 0.519. The van der Waals surface area contributed by atoms with Crippen molar-refractivity contribution in [1.82, 2.24) is 19.4 Å². The Bertz CT molecular complexity index is 1410. The molecular formula is C27H32F3N5O3. The molecule has 2 aliphatic heterocycles. The average molecular weight is 532 g/mol. The topological polar surface area (TPSA) is 92.5 Å². The van der Waals surface area contributed by atoms with E-state index in [1.807, 2.05) is 18.7 Å². The molecule has 2 saturated heterocycles. The number of aromatic nitrogens is 3. The predicted octanol–water partition coefficient (Wildman–Crippen LogP) is 3.73. The number of benzene rings is 1. The number of rotatable bonds is 6. The molecule has 2 aromatic heterocycles. The summed E-state index contributed by atoms with van der Waals surface area (Å²) in [6.07, 6.45) is 0.167. The molecule has 3 aromatic rings. The Morgan fingerprint density at radius 1 is 1.26 bits per heavy atom. The maximum atomic E-state index is 16.3. The number of aliphatic hydroxyl groups is 1. The normalized spacial score (nSPS) is 22.5. The van der Waals surface area contributed by atoms with Gasteiger partial charge < -0.3 is 19.7 Å². The molecule has 2 fully saturated rings. The maximum absolute atomic E-state index is 16.3. The van der Waals surface area contributed by atoms with E-state index in [-0.39, 0.29) is 52.7 Å². The summed E-state index contributed by atoms with van der Waals surface area (Å²) in [6, 6.07) is 2.23. The molecule has 5 rings (SSSR count). The van der Waals surface area contributed by atoms with Gasteiger partial charge in [0.1, 0.15) is 11.9 Å². The van der Waals surface area contributed by atoms with Crippen molar-refractivity contribution in [2.45, 2.75) is 64.5 Å². The second-order valence-corrected chi connectivity index (χ2v) is 10.4. The van der Waals surface area contributed by atoms with E-state index in [1.165, 1.54) is 12.1 Å². The van der Waals surface area contributed by atoms with E-state index in [2.05, 4.69) is 15.3 Å². The van der Waals surface area contributed by atoms with Gasteiger partial charge in [0, 0.05) is 54.5 Å². The summed E-state index contributed by atoms with van der Waals surface area (Å²) in [5.74, 6) is -1.54. The van der Waals surface area contributed by atoms with Crippen LogP contribution in [0.5, 0.6) is 0 Å². The highest BCUT2D eigenvalue weighted by Crippen LogP contribution is 2.32. The Hall–Kier alpha value is -3.02. The van der Waals surface area contributed by atoms with Gasteiger partial charge in [0.05, 0.1) is 30.5 Å². The molecule has 0 aliphatic carbocycles. The van der Waals surface area contributed by atoms with Gasteiger partial charge in [-0.1, -0.05) is 0 Å². The maximum Gasteiger partial charge on any atom is 0.223 e. The Labute approximate surface area is 218 Å². The summed E-state index contributed by atoms with van der Waals surface area (Å²) in [6.45, 7) is 7.19. The van der Waals surface area contributed by atoms with Gasteiger partial charge in [0.25, 0.3) is 0 Å². The minimum absolute atomic E-state index is 0.0486. The lowest BCUT2D eigenvalue weighted by Gasteiger charge is -2.28. The van der Waals surface area contributed by atoms with Crippen LogP contribution in [0.2, 0.25) is 0 Å². The third-order valence-corrected chi connectivity index (χ3v) is 7.41. The summed E-state index contributed by atoms with van der Waals surface area (Å²) in [5.41, 5.74) is 0.477. The van der Waals surface area contributed by atoms with Crippen molar-refractivity contribution in [3.8, 4) is 11.3 Å². The standard InChI is InChI=1S/C27H32F3N5O3/c1-14(2)35-21(12-34-8-6-16(28)11-34)15(3)26(37)18-5-4-17(23(30)25(18)35)24-19(29)10-31-27(33-24)32-20-7-9-38-13-22(20)36/h4-5,10,14,16,20,22,36H,6-9,11-13H2,1-3H3,(H,31,32,33)/t16-,20+,22+/m0/s1. The van der Waals surface area contributed by atoms with E-state index in [1.54, 1.807) is 11.5 Å². The molecule has 0 saturated carbocycles. The van der Waals surface area contributed by atoms with Gasteiger partial charge in [-0.2, -0.15) is 0 Å². The number of hydrogen-bond donors (Lipinski definition) is 2. The van der Waals surface area contributed by atoms with E-state index in [0.29, 0.717) is 43.8 Å². The third kappa shape index (κ3) is 4.90. The molecule has 0 amide bonds. The van der Waals surface area contributed by atoms with Gasteiger partial charge in [0.15, 0.2) is 17.1 Å². The van der Waals surface area contributed by atoms with E-state index >= 15 is 4.39 Å². The van der Waals surface area contributed by atoms with Crippen LogP contribution >= 0.6 is 0 Å². The van der Waals surface area contributed by atoms with Gasteiger partial charge in [-0.25, -0.2) is 23.1 Å². The quantitative estimate of drug-likeness (QED) is 0.501. The zero-order valence-electron chi connectivity index (χ0n) is 21.7. The lowest BCUT2D eigenvalue weighted by atomic mass is 10.0. The first kappa shape index (κ1) is 26.6. The SMILES string of the molecule is Cc1c(CN2CC[C@H](F)C2)n(C(C)C)c2c(F)c(-c3nc(N[C@@H]4CCOC[C@H]4O)ncc3F)ccc2c1=O. The second-order valence-electron chi connectivity index (χ2n) is 10.4. The summed E-state index contributed by atoms with van der Waals surface area (Å²) >= 11 is 0. The molecule has 2 N–H and O–H groups in total. The van der Waals surface area contributed by atoms with Crippen molar-refractivity contribution in [2.75, 3.05) is 31.6 Å². The number of ether oxygens (including phenoxy) is 1. The summed E-state index contributed by atoms with van der Waals surface area (Å²) in [5, 5.41) is 13.3. The van der Waals surface area contributed by atoms with Crippen LogP contribution in [0, 0.1) is 18.6 Å². The van der Waals surface area contributed by atoms with Crippen molar-refractivity contribution >= 4 is 16.9 Å². The Balaban J connectivity index is 1.63. The van der Waals surface area contributed by atoms with Crippen LogP contribution in [-0.2, 0) is 11.3 Å². The molecule has 1 aromatic carbocycles. The number of hydrogen-bond acceptors (Lipinski definition) is 7. The van der Waals surface area contributed by atoms with E-state index in [9.17, 15) is 18.7 Å². The van der Waals surface area contributed by atoms with E-state index < -0.39 is 30.0 Å². The zero-order valence-corrected chi connectivity index (χ0v) is 21.7. The molecule has 0 bridgehead atoms. The number of nitrogens with zero attached hydrogens (tertiary/aromatic N) is 4. The van der Waals surface area contributed by atoms with Gasteiger partial charge in [-0.15, -0.1) is 0 Å². The van der Waals surface area contributed by atoms with Gasteiger partial charge >= 0.3 is 0 Å². The molecule has 38 heavy (non-hydrogen) atoms. The van der Waals surface area contributed by atoms with Gasteiger partial charge in [-0.3, -0.25) is 9.69 Å². The molecule has 11 heteroatoms. The molecule has 0 radical (unpaired) electrons. The van der Waals surface area contributed by atoms with Crippen molar-refractivity contribution in [1.29, 1.82) is 0 Å². The summed E-state index contributed by atoms with van der Waals surface area (Å²) < 4.78 is 52.2. The molecule has 2 aliphatic rings.